The monoisotopic (exact) mass is 276 g/mol. The Morgan fingerprint density at radius 3 is 1.08 bits per heavy atom. The van der Waals surface area contributed by atoms with Crippen molar-refractivity contribution < 1.29 is 231 Å². The van der Waals surface area contributed by atoms with E-state index in [1.165, 1.54) is 0 Å². The van der Waals surface area contributed by atoms with Gasteiger partial charge >= 0.3 is 217 Å². The fourth-order valence-electron chi connectivity index (χ4n) is 0.143. The van der Waals surface area contributed by atoms with Crippen LogP contribution in [0.25, 0.3) is 0 Å². The van der Waals surface area contributed by atoms with E-state index in [0.717, 1.165) is 0 Å². The zero-order valence-electron chi connectivity index (χ0n) is 11.9. The van der Waals surface area contributed by atoms with E-state index < -0.39 is 11.9 Å². The van der Waals surface area contributed by atoms with Gasteiger partial charge < -0.3 is 15.9 Å². The molecular formula is C4H8K4O4. The van der Waals surface area contributed by atoms with Crippen LogP contribution in [-0.2, 0) is 9.59 Å². The van der Waals surface area contributed by atoms with Gasteiger partial charge in [0.1, 0.15) is 0 Å². The molecule has 0 heterocycles. The topological polar surface area (TPSA) is 74.6 Å². The minimum absolute atomic E-state index is 0. The summed E-state index contributed by atoms with van der Waals surface area (Å²) in [7, 11) is 0. The van der Waals surface area contributed by atoms with Crippen LogP contribution >= 0.6 is 0 Å². The number of carboxylic acid groups (broad SMARTS) is 2. The van der Waals surface area contributed by atoms with Gasteiger partial charge in [0.25, 0.3) is 0 Å². The Labute approximate surface area is 247 Å². The Morgan fingerprint density at radius 2 is 1.00 bits per heavy atom. The third-order valence-corrected chi connectivity index (χ3v) is 0.368. The van der Waals surface area contributed by atoms with Crippen molar-refractivity contribution in [3.63, 3.8) is 0 Å². The second kappa shape index (κ2) is 21.5. The second-order valence-corrected chi connectivity index (χ2v) is 1.01. The molecule has 8 heteroatoms. The molecule has 0 aromatic rings. The van der Waals surface area contributed by atoms with E-state index in [0.29, 0.717) is 12.2 Å². The van der Waals surface area contributed by atoms with Crippen molar-refractivity contribution in [2.75, 3.05) is 0 Å². The quantitative estimate of drug-likeness (QED) is 0.388. The van der Waals surface area contributed by atoms with Crippen LogP contribution in [-0.4, -0.2) is 22.2 Å². The number of carboxylic acids is 2. The Balaban J connectivity index is -0.00000000875. The van der Waals surface area contributed by atoms with Crippen LogP contribution in [0, 0.1) is 0 Å². The number of hydrogen-bond donors (Lipinski definition) is 2. The summed E-state index contributed by atoms with van der Waals surface area (Å²) in [5.41, 5.74) is 0. The fourth-order valence-corrected chi connectivity index (χ4v) is 0.143. The summed E-state index contributed by atoms with van der Waals surface area (Å²) >= 11 is 0. The minimum Gasteiger partial charge on any atom is -1.00 e. The van der Waals surface area contributed by atoms with Gasteiger partial charge in [-0.05, 0) is 0 Å². The zero-order valence-corrected chi connectivity index (χ0v) is 20.4. The first-order valence-electron chi connectivity index (χ1n) is 1.77. The van der Waals surface area contributed by atoms with Crippen LogP contribution in [0.2, 0.25) is 0 Å². The van der Waals surface area contributed by atoms with Gasteiger partial charge in [0.15, 0.2) is 0 Å². The smallest absolute Gasteiger partial charge is 1.00 e. The molecule has 0 aliphatic heterocycles. The summed E-state index contributed by atoms with van der Waals surface area (Å²) in [4.78, 5) is 19.1. The van der Waals surface area contributed by atoms with Gasteiger partial charge in [0.2, 0.25) is 0 Å². The van der Waals surface area contributed by atoms with E-state index in [2.05, 4.69) is 0 Å². The molecule has 0 atom stereocenters. The molecule has 0 rings (SSSR count). The predicted molar refractivity (Wildman–Crippen MR) is 28.9 cm³/mol. The van der Waals surface area contributed by atoms with Crippen LogP contribution < -0.4 is 206 Å². The average molecular weight is 276 g/mol. The van der Waals surface area contributed by atoms with E-state index in [4.69, 9.17) is 10.2 Å². The molecule has 4 nitrogen and oxygen atoms in total. The van der Waals surface area contributed by atoms with Crippen LogP contribution in [0.1, 0.15) is 5.71 Å². The number of aliphatic carboxylic acids is 2. The first-order chi connectivity index (χ1) is 3.63. The van der Waals surface area contributed by atoms with E-state index in [-0.39, 0.29) is 211 Å². The number of carbonyl (C=O) groups is 2. The molecule has 0 bridgehead atoms. The maximum Gasteiger partial charge on any atom is 1.00 e. The number of rotatable bonds is 2. The molecule has 0 fully saturated rings. The van der Waals surface area contributed by atoms with Crippen molar-refractivity contribution in [2.24, 2.45) is 0 Å². The molecule has 2 N–H and O–H groups in total. The summed E-state index contributed by atoms with van der Waals surface area (Å²) in [6.45, 7) is 0. The van der Waals surface area contributed by atoms with E-state index in [1.807, 2.05) is 0 Å². The van der Waals surface area contributed by atoms with Crippen LogP contribution in [0.4, 0.5) is 0 Å². The fraction of sp³-hybridized carbons (Fsp3) is 0. The molecule has 0 spiro atoms. The average Bonchev–Trinajstić information content (AvgIpc) is 1.61. The van der Waals surface area contributed by atoms with Gasteiger partial charge in [-0.2, -0.15) is 0 Å². The summed E-state index contributed by atoms with van der Waals surface area (Å²) in [6.07, 6.45) is 1.12. The summed E-state index contributed by atoms with van der Waals surface area (Å²) in [6, 6.07) is 0. The van der Waals surface area contributed by atoms with E-state index in [9.17, 15) is 9.59 Å². The van der Waals surface area contributed by atoms with Gasteiger partial charge in [-0.1, -0.05) is 0 Å². The zero-order chi connectivity index (χ0) is 6.57. The Bertz CT molecular complexity index is 143. The molecule has 0 aliphatic rings. The molecule has 12 heavy (non-hydrogen) atoms. The number of hydrogen-bond acceptors (Lipinski definition) is 2. The molecular weight excluding hydrogens is 268 g/mol. The maximum absolute atomic E-state index is 9.55. The molecule has 0 aromatic heterocycles. The van der Waals surface area contributed by atoms with Crippen molar-refractivity contribution in [1.29, 1.82) is 0 Å². The van der Waals surface area contributed by atoms with Gasteiger partial charge in [0, 0.05) is 12.2 Å². The van der Waals surface area contributed by atoms with Crippen molar-refractivity contribution in [1.82, 2.24) is 0 Å². The van der Waals surface area contributed by atoms with Crippen molar-refractivity contribution >= 4 is 11.9 Å². The molecule has 0 saturated heterocycles. The molecule has 0 amide bonds. The predicted octanol–water partition coefficient (Wildman–Crippen LogP) is -11.8. The second-order valence-electron chi connectivity index (χ2n) is 1.01. The van der Waals surface area contributed by atoms with Crippen LogP contribution in [0.3, 0.4) is 0 Å². The Kier molecular flexibility index (Phi) is 54.4. The summed E-state index contributed by atoms with van der Waals surface area (Å²) in [5.74, 6) is -2.51. The SMILES string of the molecule is O=C(O)/C=C\C(=O)O.[H-].[H-].[H-].[H-].[K+].[K+].[K+].[K+]. The first-order valence-corrected chi connectivity index (χ1v) is 1.77. The van der Waals surface area contributed by atoms with Crippen LogP contribution in [0.15, 0.2) is 12.2 Å². The summed E-state index contributed by atoms with van der Waals surface area (Å²) in [5, 5.41) is 15.6. The third-order valence-electron chi connectivity index (χ3n) is 0.368. The van der Waals surface area contributed by atoms with Crippen molar-refractivity contribution in [3.8, 4) is 0 Å². The molecule has 0 unspecified atom stereocenters. The standard InChI is InChI=1S/C4H4O4.4K.4H/c5-3(6)1-2-4(7)8;;;;;;;;/h1-2H,(H,5,6)(H,7,8);;;;;;;;/q;4*+1;4*-1/b2-1-;;;;;;;;. The van der Waals surface area contributed by atoms with E-state index >= 15 is 0 Å². The molecule has 0 saturated carbocycles. The van der Waals surface area contributed by atoms with Crippen LogP contribution in [0.5, 0.6) is 0 Å². The minimum atomic E-state index is -1.26. The molecule has 0 aromatic carbocycles. The largest absolute Gasteiger partial charge is 1.00 e. The van der Waals surface area contributed by atoms with Gasteiger partial charge in [0.05, 0.1) is 0 Å². The van der Waals surface area contributed by atoms with Crippen molar-refractivity contribution in [2.45, 2.75) is 0 Å². The van der Waals surface area contributed by atoms with Crippen molar-refractivity contribution in [3.05, 3.63) is 12.2 Å². The molecule has 0 radical (unpaired) electrons. The Morgan fingerprint density at radius 1 is 0.833 bits per heavy atom. The normalized spacial score (nSPS) is 6.33. The maximum atomic E-state index is 9.55. The third kappa shape index (κ3) is 29.5. The molecule has 0 aliphatic carbocycles. The molecule has 52 valence electrons. The van der Waals surface area contributed by atoms with Gasteiger partial charge in [-0.25, -0.2) is 9.59 Å². The van der Waals surface area contributed by atoms with Gasteiger partial charge in [-0.3, -0.25) is 0 Å². The van der Waals surface area contributed by atoms with E-state index in [1.54, 1.807) is 0 Å². The Hall–Kier alpha value is 5.23. The summed E-state index contributed by atoms with van der Waals surface area (Å²) < 4.78 is 0. The van der Waals surface area contributed by atoms with Gasteiger partial charge in [-0.15, -0.1) is 0 Å². The first kappa shape index (κ1) is 30.3.